The zero-order chi connectivity index (χ0) is 14.4. The topological polar surface area (TPSA) is 55.6 Å². The Morgan fingerprint density at radius 3 is 2.79 bits per heavy atom. The van der Waals surface area contributed by atoms with E-state index in [1.165, 1.54) is 25.3 Å². The van der Waals surface area contributed by atoms with Crippen molar-refractivity contribution in [1.82, 2.24) is 4.90 Å². The lowest BCUT2D eigenvalue weighted by Gasteiger charge is -2.21. The van der Waals surface area contributed by atoms with Gasteiger partial charge in [-0.25, -0.2) is 4.39 Å². The van der Waals surface area contributed by atoms with Gasteiger partial charge in [0.05, 0.1) is 13.5 Å². The van der Waals surface area contributed by atoms with Gasteiger partial charge in [-0.2, -0.15) is 0 Å². The third kappa shape index (κ3) is 4.52. The fourth-order valence-corrected chi connectivity index (χ4v) is 1.83. The molecule has 1 aromatic carbocycles. The highest BCUT2D eigenvalue weighted by Gasteiger charge is 2.15. The Hall–Kier alpha value is -1.62. The first-order valence-corrected chi connectivity index (χ1v) is 6.24. The molecule has 0 heterocycles. The number of methoxy groups -OCH3 is 1. The Bertz CT molecular complexity index is 437. The van der Waals surface area contributed by atoms with Crippen molar-refractivity contribution in [2.45, 2.75) is 13.3 Å². The first-order chi connectivity index (χ1) is 8.97. The molecule has 19 heavy (non-hydrogen) atoms. The van der Waals surface area contributed by atoms with E-state index in [2.05, 4.69) is 0 Å². The molecule has 0 spiro atoms. The first-order valence-electron chi connectivity index (χ1n) is 6.24. The second kappa shape index (κ2) is 7.09. The van der Waals surface area contributed by atoms with Crippen LogP contribution in [0.4, 0.5) is 4.39 Å². The van der Waals surface area contributed by atoms with Crippen LogP contribution in [0, 0.1) is 11.7 Å². The Morgan fingerprint density at radius 1 is 1.53 bits per heavy atom. The van der Waals surface area contributed by atoms with Crippen LogP contribution in [0.1, 0.15) is 12.5 Å². The van der Waals surface area contributed by atoms with Crippen LogP contribution in [-0.2, 0) is 11.2 Å². The fraction of sp³-hybridized carbons (Fsp3) is 0.500. The van der Waals surface area contributed by atoms with Gasteiger partial charge in [0.25, 0.3) is 0 Å². The molecule has 0 aliphatic carbocycles. The summed E-state index contributed by atoms with van der Waals surface area (Å²) in [7, 11) is 3.22. The molecule has 4 nitrogen and oxygen atoms in total. The van der Waals surface area contributed by atoms with Gasteiger partial charge in [0.2, 0.25) is 5.91 Å². The molecular formula is C14H21FN2O2. The van der Waals surface area contributed by atoms with Gasteiger partial charge in [0, 0.05) is 19.2 Å². The molecule has 0 bridgehead atoms. The lowest BCUT2D eigenvalue weighted by atomic mass is 10.1. The van der Waals surface area contributed by atoms with Gasteiger partial charge in [0.15, 0.2) is 0 Å². The molecule has 0 saturated carbocycles. The second-order valence-electron chi connectivity index (χ2n) is 4.75. The molecule has 0 aliphatic heterocycles. The molecule has 5 heteroatoms. The summed E-state index contributed by atoms with van der Waals surface area (Å²) in [6, 6.07) is 4.17. The van der Waals surface area contributed by atoms with Crippen LogP contribution in [0.25, 0.3) is 0 Å². The van der Waals surface area contributed by atoms with Gasteiger partial charge >= 0.3 is 0 Å². The molecule has 0 saturated heterocycles. The molecule has 0 aliphatic rings. The standard InChI is InChI=1S/C14H21FN2O2/c1-10(8-16)9-17(2)14(18)7-11-6-12(15)4-5-13(11)19-3/h4-6,10H,7-9,16H2,1-3H3. The maximum Gasteiger partial charge on any atom is 0.226 e. The van der Waals surface area contributed by atoms with Gasteiger partial charge in [-0.05, 0) is 30.7 Å². The van der Waals surface area contributed by atoms with Crippen LogP contribution >= 0.6 is 0 Å². The van der Waals surface area contributed by atoms with Crippen molar-refractivity contribution < 1.29 is 13.9 Å². The Balaban J connectivity index is 2.73. The Kier molecular flexibility index (Phi) is 5.76. The van der Waals surface area contributed by atoms with Gasteiger partial charge in [0.1, 0.15) is 11.6 Å². The molecule has 1 unspecified atom stereocenters. The molecule has 1 atom stereocenters. The highest BCUT2D eigenvalue weighted by molar-refractivity contribution is 5.79. The van der Waals surface area contributed by atoms with E-state index >= 15 is 0 Å². The number of likely N-dealkylation sites (N-methyl/N-ethyl adjacent to an activating group) is 1. The minimum absolute atomic E-state index is 0.0794. The minimum atomic E-state index is -0.374. The molecule has 1 amide bonds. The quantitative estimate of drug-likeness (QED) is 0.849. The lowest BCUT2D eigenvalue weighted by molar-refractivity contribution is -0.129. The van der Waals surface area contributed by atoms with Crippen molar-refractivity contribution in [2.75, 3.05) is 27.2 Å². The zero-order valence-corrected chi connectivity index (χ0v) is 11.6. The number of hydrogen-bond donors (Lipinski definition) is 1. The van der Waals surface area contributed by atoms with Crippen molar-refractivity contribution in [2.24, 2.45) is 11.7 Å². The van der Waals surface area contributed by atoms with Gasteiger partial charge in [-0.1, -0.05) is 6.92 Å². The molecule has 106 valence electrons. The van der Waals surface area contributed by atoms with E-state index < -0.39 is 0 Å². The SMILES string of the molecule is COc1ccc(F)cc1CC(=O)N(C)CC(C)CN. The summed E-state index contributed by atoms with van der Waals surface area (Å²) in [5.74, 6) is 0.309. The first kappa shape index (κ1) is 15.4. The summed E-state index contributed by atoms with van der Waals surface area (Å²) in [6.07, 6.45) is 0.120. The largest absolute Gasteiger partial charge is 0.496 e. The normalized spacial score (nSPS) is 12.1. The van der Waals surface area contributed by atoms with Crippen LogP contribution < -0.4 is 10.5 Å². The van der Waals surface area contributed by atoms with Crippen LogP contribution in [0.2, 0.25) is 0 Å². The van der Waals surface area contributed by atoms with Crippen molar-refractivity contribution in [3.63, 3.8) is 0 Å². The monoisotopic (exact) mass is 268 g/mol. The number of halogens is 1. The number of rotatable bonds is 6. The predicted molar refractivity (Wildman–Crippen MR) is 72.5 cm³/mol. The number of carbonyl (C=O) groups is 1. The highest BCUT2D eigenvalue weighted by atomic mass is 19.1. The van der Waals surface area contributed by atoms with Gasteiger partial charge in [-0.15, -0.1) is 0 Å². The minimum Gasteiger partial charge on any atom is -0.496 e. The molecule has 0 fully saturated rings. The maximum absolute atomic E-state index is 13.2. The van der Waals surface area contributed by atoms with Crippen molar-refractivity contribution in [3.05, 3.63) is 29.6 Å². The number of nitrogens with zero attached hydrogens (tertiary/aromatic N) is 1. The van der Waals surface area contributed by atoms with E-state index in [-0.39, 0.29) is 24.1 Å². The highest BCUT2D eigenvalue weighted by Crippen LogP contribution is 2.20. The number of nitrogens with two attached hydrogens (primary N) is 1. The van der Waals surface area contributed by atoms with E-state index in [9.17, 15) is 9.18 Å². The van der Waals surface area contributed by atoms with Crippen molar-refractivity contribution in [1.29, 1.82) is 0 Å². The van der Waals surface area contributed by atoms with E-state index in [0.717, 1.165) is 0 Å². The molecule has 1 aromatic rings. The van der Waals surface area contributed by atoms with Crippen LogP contribution in [0.15, 0.2) is 18.2 Å². The maximum atomic E-state index is 13.2. The van der Waals surface area contributed by atoms with Gasteiger partial charge < -0.3 is 15.4 Å². The number of carbonyl (C=O) groups excluding carboxylic acids is 1. The predicted octanol–water partition coefficient (Wildman–Crippen LogP) is 1.43. The van der Waals surface area contributed by atoms with Crippen molar-refractivity contribution in [3.8, 4) is 5.75 Å². The summed E-state index contributed by atoms with van der Waals surface area (Å²) < 4.78 is 18.3. The second-order valence-corrected chi connectivity index (χ2v) is 4.75. The van der Waals surface area contributed by atoms with Gasteiger partial charge in [-0.3, -0.25) is 4.79 Å². The average molecular weight is 268 g/mol. The van der Waals surface area contributed by atoms with Crippen LogP contribution in [0.5, 0.6) is 5.75 Å². The number of hydrogen-bond acceptors (Lipinski definition) is 3. The fourth-order valence-electron chi connectivity index (χ4n) is 1.83. The van der Waals surface area contributed by atoms with Crippen LogP contribution in [0.3, 0.4) is 0 Å². The number of ether oxygens (including phenoxy) is 1. The third-order valence-electron chi connectivity index (χ3n) is 3.00. The van der Waals surface area contributed by atoms with Crippen molar-refractivity contribution >= 4 is 5.91 Å². The number of benzene rings is 1. The summed E-state index contributed by atoms with van der Waals surface area (Å²) in [6.45, 7) is 3.10. The zero-order valence-electron chi connectivity index (χ0n) is 11.6. The lowest BCUT2D eigenvalue weighted by Crippen LogP contribution is -2.34. The summed E-state index contributed by atoms with van der Waals surface area (Å²) in [5.41, 5.74) is 6.09. The van der Waals surface area contributed by atoms with E-state index in [1.54, 1.807) is 11.9 Å². The summed E-state index contributed by atoms with van der Waals surface area (Å²) in [4.78, 5) is 13.7. The van der Waals surface area contributed by atoms with E-state index in [0.29, 0.717) is 24.4 Å². The average Bonchev–Trinajstić information content (AvgIpc) is 2.38. The summed E-state index contributed by atoms with van der Waals surface area (Å²) in [5, 5.41) is 0. The molecule has 0 aromatic heterocycles. The Morgan fingerprint density at radius 2 is 2.21 bits per heavy atom. The molecular weight excluding hydrogens is 247 g/mol. The van der Waals surface area contributed by atoms with E-state index in [1.807, 2.05) is 6.92 Å². The number of amides is 1. The summed E-state index contributed by atoms with van der Waals surface area (Å²) >= 11 is 0. The van der Waals surface area contributed by atoms with E-state index in [4.69, 9.17) is 10.5 Å². The third-order valence-corrected chi connectivity index (χ3v) is 3.00. The molecule has 1 rings (SSSR count). The van der Waals surface area contributed by atoms with Crippen LogP contribution in [-0.4, -0.2) is 38.1 Å². The molecule has 2 N–H and O–H groups in total. The Labute approximate surface area is 113 Å². The smallest absolute Gasteiger partial charge is 0.226 e. The molecule has 0 radical (unpaired) electrons.